The van der Waals surface area contributed by atoms with Gasteiger partial charge in [-0.2, -0.15) is 0 Å². The fourth-order valence-corrected chi connectivity index (χ4v) is 2.85. The maximum atomic E-state index is 13.5. The van der Waals surface area contributed by atoms with Crippen LogP contribution in [0.1, 0.15) is 18.1 Å². The average Bonchev–Trinajstić information content (AvgIpc) is 2.79. The zero-order chi connectivity index (χ0) is 23.7. The van der Waals surface area contributed by atoms with Crippen LogP contribution in [0.5, 0.6) is 17.2 Å². The Balaban J connectivity index is 2.48. The van der Waals surface area contributed by atoms with Gasteiger partial charge in [-0.05, 0) is 30.7 Å². The van der Waals surface area contributed by atoms with Gasteiger partial charge < -0.3 is 39.4 Å². The van der Waals surface area contributed by atoms with Crippen LogP contribution in [0.2, 0.25) is 0 Å². The van der Waals surface area contributed by atoms with E-state index in [-0.39, 0.29) is 30.5 Å². The molecule has 2 rings (SSSR count). The van der Waals surface area contributed by atoms with Crippen LogP contribution in [0, 0.1) is 5.82 Å². The monoisotopic (exact) mass is 452 g/mol. The van der Waals surface area contributed by atoms with Crippen LogP contribution in [0.15, 0.2) is 36.4 Å². The van der Waals surface area contributed by atoms with E-state index in [2.05, 4.69) is 0 Å². The number of aliphatic hydroxyl groups is 4. The Morgan fingerprint density at radius 3 is 2.34 bits per heavy atom. The standard InChI is InChI=1S/C23H29FO8/c1-14(26)20(27)21(28)23(31-10-9-25)32-22-16(12-18(29-2)13-19(22)30-3)8-7-15-5-4-6-17(24)11-15/h4-8,11-14,20-21,23,25-28H,9-10H2,1-3H3/b8-7+/t14-,20+,21-,23+/m1/s1. The Labute approximate surface area is 186 Å². The molecule has 0 aromatic heterocycles. The Bertz CT molecular complexity index is 886. The Morgan fingerprint density at radius 1 is 1.00 bits per heavy atom. The summed E-state index contributed by atoms with van der Waals surface area (Å²) in [5.41, 5.74) is 1.04. The fraction of sp³-hybridized carbons (Fsp3) is 0.391. The number of methoxy groups -OCH3 is 2. The van der Waals surface area contributed by atoms with Gasteiger partial charge in [-0.15, -0.1) is 0 Å². The minimum Gasteiger partial charge on any atom is -0.497 e. The molecule has 2 aromatic carbocycles. The Kier molecular flexibility index (Phi) is 9.89. The summed E-state index contributed by atoms with van der Waals surface area (Å²) in [6.45, 7) is 0.753. The second-order valence-electron chi connectivity index (χ2n) is 6.94. The Morgan fingerprint density at radius 2 is 1.75 bits per heavy atom. The number of ether oxygens (including phenoxy) is 4. The lowest BCUT2D eigenvalue weighted by molar-refractivity contribution is -0.191. The van der Waals surface area contributed by atoms with Crippen LogP contribution in [0.4, 0.5) is 4.39 Å². The molecule has 0 saturated heterocycles. The third kappa shape index (κ3) is 6.91. The number of rotatable bonds is 12. The van der Waals surface area contributed by atoms with Gasteiger partial charge in [0.1, 0.15) is 23.8 Å². The summed E-state index contributed by atoms with van der Waals surface area (Å²) in [5.74, 6) is 0.436. The highest BCUT2D eigenvalue weighted by Crippen LogP contribution is 2.38. The molecule has 32 heavy (non-hydrogen) atoms. The zero-order valence-electron chi connectivity index (χ0n) is 18.1. The van der Waals surface area contributed by atoms with Gasteiger partial charge in [0.05, 0.1) is 33.5 Å². The van der Waals surface area contributed by atoms with Crippen LogP contribution in [-0.4, -0.2) is 72.5 Å². The minimum absolute atomic E-state index is 0.140. The fourth-order valence-electron chi connectivity index (χ4n) is 2.85. The normalized spacial score (nSPS) is 15.2. The summed E-state index contributed by atoms with van der Waals surface area (Å²) < 4.78 is 35.4. The molecule has 9 heteroatoms. The van der Waals surface area contributed by atoms with E-state index >= 15 is 0 Å². The molecule has 4 N–H and O–H groups in total. The molecule has 0 radical (unpaired) electrons. The second-order valence-corrected chi connectivity index (χ2v) is 6.94. The molecule has 0 saturated carbocycles. The molecule has 0 spiro atoms. The maximum Gasteiger partial charge on any atom is 0.229 e. The number of hydrogen-bond acceptors (Lipinski definition) is 8. The average molecular weight is 452 g/mol. The molecule has 2 aromatic rings. The molecular formula is C23H29FO8. The van der Waals surface area contributed by atoms with E-state index in [0.29, 0.717) is 16.9 Å². The van der Waals surface area contributed by atoms with E-state index in [1.165, 1.54) is 33.3 Å². The van der Waals surface area contributed by atoms with E-state index in [1.807, 2.05) is 0 Å². The van der Waals surface area contributed by atoms with Crippen LogP contribution >= 0.6 is 0 Å². The summed E-state index contributed by atoms with van der Waals surface area (Å²) in [6, 6.07) is 9.16. The zero-order valence-corrected chi connectivity index (χ0v) is 18.1. The van der Waals surface area contributed by atoms with Crippen molar-refractivity contribution in [1.82, 2.24) is 0 Å². The lowest BCUT2D eigenvalue weighted by Gasteiger charge is -2.29. The molecule has 0 aliphatic carbocycles. The van der Waals surface area contributed by atoms with E-state index in [9.17, 15) is 19.7 Å². The molecule has 0 unspecified atom stereocenters. The SMILES string of the molecule is COc1cc(/C=C/c2cccc(F)c2)c(O[C@H](OCCO)[C@H](O)[C@@H](O)[C@@H](C)O)c(OC)c1. The third-order valence-electron chi connectivity index (χ3n) is 4.55. The van der Waals surface area contributed by atoms with Gasteiger partial charge in [-0.1, -0.05) is 24.3 Å². The first-order valence-electron chi connectivity index (χ1n) is 9.93. The molecule has 4 atom stereocenters. The minimum atomic E-state index is -1.64. The first-order chi connectivity index (χ1) is 15.3. The van der Waals surface area contributed by atoms with Gasteiger partial charge in [-0.3, -0.25) is 0 Å². The summed E-state index contributed by atoms with van der Waals surface area (Å²) in [7, 11) is 2.89. The first kappa shape index (κ1) is 25.6. The third-order valence-corrected chi connectivity index (χ3v) is 4.55. The van der Waals surface area contributed by atoms with E-state index in [1.54, 1.807) is 36.4 Å². The number of hydrogen-bond donors (Lipinski definition) is 4. The van der Waals surface area contributed by atoms with E-state index < -0.39 is 24.6 Å². The molecule has 0 aliphatic rings. The van der Waals surface area contributed by atoms with Gasteiger partial charge in [-0.25, -0.2) is 4.39 Å². The highest BCUT2D eigenvalue weighted by molar-refractivity contribution is 5.75. The smallest absolute Gasteiger partial charge is 0.229 e. The van der Waals surface area contributed by atoms with Gasteiger partial charge in [0.25, 0.3) is 0 Å². The van der Waals surface area contributed by atoms with Crippen molar-refractivity contribution in [3.63, 3.8) is 0 Å². The highest BCUT2D eigenvalue weighted by Gasteiger charge is 2.33. The Hall–Kier alpha value is -2.69. The molecule has 0 bridgehead atoms. The predicted molar refractivity (Wildman–Crippen MR) is 116 cm³/mol. The summed E-state index contributed by atoms with van der Waals surface area (Å²) in [5, 5.41) is 39.3. The second kappa shape index (κ2) is 12.4. The van der Waals surface area contributed by atoms with Crippen LogP contribution < -0.4 is 14.2 Å². The van der Waals surface area contributed by atoms with Crippen molar-refractivity contribution in [2.75, 3.05) is 27.4 Å². The van der Waals surface area contributed by atoms with Gasteiger partial charge >= 0.3 is 0 Å². The molecular weight excluding hydrogens is 423 g/mol. The van der Waals surface area contributed by atoms with Crippen molar-refractivity contribution in [1.29, 1.82) is 0 Å². The molecule has 0 fully saturated rings. The van der Waals surface area contributed by atoms with Crippen molar-refractivity contribution in [3.8, 4) is 17.2 Å². The quantitative estimate of drug-likeness (QED) is 0.285. The van der Waals surface area contributed by atoms with Crippen molar-refractivity contribution < 1.29 is 43.8 Å². The predicted octanol–water partition coefficient (Wildman–Crippen LogP) is 1.83. The van der Waals surface area contributed by atoms with Gasteiger partial charge in [0, 0.05) is 11.6 Å². The maximum absolute atomic E-state index is 13.5. The number of benzene rings is 2. The summed E-state index contributed by atoms with van der Waals surface area (Å²) >= 11 is 0. The van der Waals surface area contributed by atoms with E-state index in [4.69, 9.17) is 24.1 Å². The highest BCUT2D eigenvalue weighted by atomic mass is 19.1. The van der Waals surface area contributed by atoms with E-state index in [0.717, 1.165) is 0 Å². The molecule has 0 amide bonds. The molecule has 0 heterocycles. The summed E-state index contributed by atoms with van der Waals surface area (Å²) in [4.78, 5) is 0. The number of aliphatic hydroxyl groups excluding tert-OH is 4. The lowest BCUT2D eigenvalue weighted by atomic mass is 10.1. The van der Waals surface area contributed by atoms with Crippen molar-refractivity contribution >= 4 is 12.2 Å². The lowest BCUT2D eigenvalue weighted by Crippen LogP contribution is -2.47. The van der Waals surface area contributed by atoms with Crippen molar-refractivity contribution in [2.45, 2.75) is 31.5 Å². The first-order valence-corrected chi connectivity index (χ1v) is 9.93. The largest absolute Gasteiger partial charge is 0.497 e. The van der Waals surface area contributed by atoms with Gasteiger partial charge in [0.15, 0.2) is 11.5 Å². The van der Waals surface area contributed by atoms with Crippen LogP contribution in [-0.2, 0) is 4.74 Å². The topological polar surface area (TPSA) is 118 Å². The number of halogens is 1. The summed E-state index contributed by atoms with van der Waals surface area (Å²) in [6.07, 6.45) is -2.65. The van der Waals surface area contributed by atoms with Gasteiger partial charge in [0.2, 0.25) is 6.29 Å². The molecule has 0 aliphatic heterocycles. The molecule has 176 valence electrons. The van der Waals surface area contributed by atoms with Crippen LogP contribution in [0.3, 0.4) is 0 Å². The van der Waals surface area contributed by atoms with Crippen molar-refractivity contribution in [3.05, 3.63) is 53.3 Å². The van der Waals surface area contributed by atoms with Crippen molar-refractivity contribution in [2.24, 2.45) is 0 Å². The van der Waals surface area contributed by atoms with Crippen LogP contribution in [0.25, 0.3) is 12.2 Å². The molecule has 8 nitrogen and oxygen atoms in total.